The first-order valence-corrected chi connectivity index (χ1v) is 5.63. The highest BCUT2D eigenvalue weighted by molar-refractivity contribution is 5.66. The molecule has 88 valence electrons. The molecular weight excluding hydrogens is 202 g/mol. The fourth-order valence-corrected chi connectivity index (χ4v) is 1.71. The van der Waals surface area contributed by atoms with Gasteiger partial charge in [0, 0.05) is 18.7 Å². The largest absolute Gasteiger partial charge is 0.481 e. The van der Waals surface area contributed by atoms with Gasteiger partial charge in [0.2, 0.25) is 0 Å². The summed E-state index contributed by atoms with van der Waals surface area (Å²) in [7, 11) is 0. The van der Waals surface area contributed by atoms with Crippen molar-refractivity contribution >= 4 is 11.7 Å². The van der Waals surface area contributed by atoms with Crippen LogP contribution in [0.4, 0.5) is 5.69 Å². The number of carboxylic acids is 1. The minimum Gasteiger partial charge on any atom is -0.481 e. The third kappa shape index (κ3) is 3.93. The van der Waals surface area contributed by atoms with Gasteiger partial charge in [-0.3, -0.25) is 4.79 Å². The van der Waals surface area contributed by atoms with E-state index in [9.17, 15) is 4.79 Å². The number of hydrogen-bond acceptors (Lipinski definition) is 2. The zero-order valence-electron chi connectivity index (χ0n) is 9.92. The Labute approximate surface area is 96.5 Å². The van der Waals surface area contributed by atoms with Crippen molar-refractivity contribution in [1.29, 1.82) is 0 Å². The molecule has 0 aliphatic carbocycles. The first kappa shape index (κ1) is 12.6. The summed E-state index contributed by atoms with van der Waals surface area (Å²) >= 11 is 0. The molecule has 0 amide bonds. The number of carboxylic acid groups (broad SMARTS) is 1. The SMILES string of the molecule is Cc1cccc(C)c1NCCCCC(=O)O. The lowest BCUT2D eigenvalue weighted by molar-refractivity contribution is -0.137. The molecular formula is C13H19NO2. The summed E-state index contributed by atoms with van der Waals surface area (Å²) in [6, 6.07) is 6.19. The van der Waals surface area contributed by atoms with Crippen LogP contribution in [-0.4, -0.2) is 17.6 Å². The molecule has 3 heteroatoms. The maximum atomic E-state index is 10.3. The third-order valence-corrected chi connectivity index (χ3v) is 2.60. The molecule has 0 bridgehead atoms. The average Bonchev–Trinajstić information content (AvgIpc) is 2.21. The van der Waals surface area contributed by atoms with Crippen LogP contribution in [0.25, 0.3) is 0 Å². The van der Waals surface area contributed by atoms with Gasteiger partial charge in [0.1, 0.15) is 0 Å². The van der Waals surface area contributed by atoms with E-state index in [-0.39, 0.29) is 6.42 Å². The Kier molecular flexibility index (Phi) is 4.83. The molecule has 0 fully saturated rings. The van der Waals surface area contributed by atoms with Gasteiger partial charge in [0.15, 0.2) is 0 Å². The van der Waals surface area contributed by atoms with Crippen molar-refractivity contribution in [1.82, 2.24) is 0 Å². The van der Waals surface area contributed by atoms with Crippen molar-refractivity contribution in [3.63, 3.8) is 0 Å². The van der Waals surface area contributed by atoms with Crippen LogP contribution in [0, 0.1) is 13.8 Å². The van der Waals surface area contributed by atoms with Crippen LogP contribution in [0.1, 0.15) is 30.4 Å². The van der Waals surface area contributed by atoms with Gasteiger partial charge in [-0.1, -0.05) is 18.2 Å². The van der Waals surface area contributed by atoms with Gasteiger partial charge >= 0.3 is 5.97 Å². The van der Waals surface area contributed by atoms with Crippen LogP contribution in [0.5, 0.6) is 0 Å². The van der Waals surface area contributed by atoms with Crippen molar-refractivity contribution < 1.29 is 9.90 Å². The molecule has 0 spiro atoms. The lowest BCUT2D eigenvalue weighted by atomic mass is 10.1. The molecule has 0 aliphatic heterocycles. The molecule has 0 atom stereocenters. The fourth-order valence-electron chi connectivity index (χ4n) is 1.71. The first-order chi connectivity index (χ1) is 7.61. The second-order valence-corrected chi connectivity index (χ2v) is 4.04. The van der Waals surface area contributed by atoms with Crippen LogP contribution in [-0.2, 0) is 4.79 Å². The van der Waals surface area contributed by atoms with Crippen LogP contribution in [0.2, 0.25) is 0 Å². The van der Waals surface area contributed by atoms with Gasteiger partial charge < -0.3 is 10.4 Å². The molecule has 0 aromatic heterocycles. The topological polar surface area (TPSA) is 49.3 Å². The van der Waals surface area contributed by atoms with E-state index in [1.165, 1.54) is 16.8 Å². The maximum Gasteiger partial charge on any atom is 0.303 e. The predicted octanol–water partition coefficient (Wildman–Crippen LogP) is 2.97. The molecule has 0 heterocycles. The number of rotatable bonds is 6. The highest BCUT2D eigenvalue weighted by Gasteiger charge is 2.01. The monoisotopic (exact) mass is 221 g/mol. The quantitative estimate of drug-likeness (QED) is 0.726. The van der Waals surface area contributed by atoms with Crippen molar-refractivity contribution in [2.75, 3.05) is 11.9 Å². The molecule has 16 heavy (non-hydrogen) atoms. The van der Waals surface area contributed by atoms with Gasteiger partial charge in [-0.05, 0) is 37.8 Å². The van der Waals surface area contributed by atoms with Gasteiger partial charge in [0.05, 0.1) is 0 Å². The van der Waals surface area contributed by atoms with E-state index in [0.717, 1.165) is 19.4 Å². The van der Waals surface area contributed by atoms with Crippen molar-refractivity contribution in [3.05, 3.63) is 29.3 Å². The standard InChI is InChI=1S/C13H19NO2/c1-10-6-5-7-11(2)13(10)14-9-4-3-8-12(15)16/h5-7,14H,3-4,8-9H2,1-2H3,(H,15,16). The number of unbranched alkanes of at least 4 members (excludes halogenated alkanes) is 1. The zero-order chi connectivity index (χ0) is 12.0. The van der Waals surface area contributed by atoms with Gasteiger partial charge in [0.25, 0.3) is 0 Å². The Balaban J connectivity index is 2.34. The Morgan fingerprint density at radius 3 is 2.44 bits per heavy atom. The predicted molar refractivity (Wildman–Crippen MR) is 65.9 cm³/mol. The molecule has 2 N–H and O–H groups in total. The Morgan fingerprint density at radius 2 is 1.88 bits per heavy atom. The maximum absolute atomic E-state index is 10.3. The summed E-state index contributed by atoms with van der Waals surface area (Å²) in [5, 5.41) is 11.9. The van der Waals surface area contributed by atoms with E-state index in [1.807, 2.05) is 6.07 Å². The Bertz CT molecular complexity index is 341. The molecule has 1 aromatic carbocycles. The molecule has 3 nitrogen and oxygen atoms in total. The number of anilines is 1. The molecule has 1 aromatic rings. The minimum atomic E-state index is -0.716. The molecule has 0 saturated heterocycles. The van der Waals surface area contributed by atoms with Crippen molar-refractivity contribution in [2.24, 2.45) is 0 Å². The van der Waals surface area contributed by atoms with Gasteiger partial charge in [-0.2, -0.15) is 0 Å². The van der Waals surface area contributed by atoms with E-state index in [2.05, 4.69) is 31.3 Å². The summed E-state index contributed by atoms with van der Waals surface area (Å²) in [6.45, 7) is 4.98. The van der Waals surface area contributed by atoms with Crippen molar-refractivity contribution in [3.8, 4) is 0 Å². The van der Waals surface area contributed by atoms with Gasteiger partial charge in [-0.15, -0.1) is 0 Å². The average molecular weight is 221 g/mol. The van der Waals surface area contributed by atoms with Gasteiger partial charge in [-0.25, -0.2) is 0 Å². The number of para-hydroxylation sites is 1. The first-order valence-electron chi connectivity index (χ1n) is 5.63. The summed E-state index contributed by atoms with van der Waals surface area (Å²) < 4.78 is 0. The normalized spacial score (nSPS) is 10.1. The minimum absolute atomic E-state index is 0.258. The van der Waals surface area contributed by atoms with E-state index in [0.29, 0.717) is 0 Å². The zero-order valence-corrected chi connectivity index (χ0v) is 9.92. The van der Waals surface area contributed by atoms with E-state index >= 15 is 0 Å². The summed E-state index contributed by atoms with van der Waals surface area (Å²) in [4.78, 5) is 10.3. The second-order valence-electron chi connectivity index (χ2n) is 4.04. The molecule has 0 saturated carbocycles. The number of benzene rings is 1. The molecule has 0 unspecified atom stereocenters. The molecule has 0 radical (unpaired) electrons. The molecule has 0 aliphatic rings. The fraction of sp³-hybridized carbons (Fsp3) is 0.462. The van der Waals surface area contributed by atoms with E-state index in [1.54, 1.807) is 0 Å². The highest BCUT2D eigenvalue weighted by Crippen LogP contribution is 2.19. The second kappa shape index (κ2) is 6.16. The third-order valence-electron chi connectivity index (χ3n) is 2.60. The van der Waals surface area contributed by atoms with Crippen LogP contribution in [0.15, 0.2) is 18.2 Å². The summed E-state index contributed by atoms with van der Waals surface area (Å²) in [5.74, 6) is -0.716. The lowest BCUT2D eigenvalue weighted by Crippen LogP contribution is -2.05. The summed E-state index contributed by atoms with van der Waals surface area (Å²) in [6.07, 6.45) is 1.88. The lowest BCUT2D eigenvalue weighted by Gasteiger charge is -2.12. The van der Waals surface area contributed by atoms with E-state index in [4.69, 9.17) is 5.11 Å². The Morgan fingerprint density at radius 1 is 1.25 bits per heavy atom. The number of carbonyl (C=O) groups is 1. The number of hydrogen-bond donors (Lipinski definition) is 2. The highest BCUT2D eigenvalue weighted by atomic mass is 16.4. The Hall–Kier alpha value is -1.51. The summed E-state index contributed by atoms with van der Waals surface area (Å²) in [5.41, 5.74) is 3.65. The van der Waals surface area contributed by atoms with E-state index < -0.39 is 5.97 Å². The number of aliphatic carboxylic acids is 1. The van der Waals surface area contributed by atoms with Crippen LogP contribution in [0.3, 0.4) is 0 Å². The number of aryl methyl sites for hydroxylation is 2. The smallest absolute Gasteiger partial charge is 0.303 e. The molecule has 1 rings (SSSR count). The van der Waals surface area contributed by atoms with Crippen molar-refractivity contribution in [2.45, 2.75) is 33.1 Å². The number of nitrogens with one attached hydrogen (secondary N) is 1. The van der Waals surface area contributed by atoms with Crippen LogP contribution >= 0.6 is 0 Å². The van der Waals surface area contributed by atoms with Crippen LogP contribution < -0.4 is 5.32 Å².